The van der Waals surface area contributed by atoms with Gasteiger partial charge in [-0.05, 0) is 42.2 Å². The predicted molar refractivity (Wildman–Crippen MR) is 108 cm³/mol. The maximum absolute atomic E-state index is 6.27. The van der Waals surface area contributed by atoms with E-state index in [-0.39, 0.29) is 0 Å². The Morgan fingerprint density at radius 3 is 2.64 bits per heavy atom. The van der Waals surface area contributed by atoms with Crippen LogP contribution in [0.15, 0.2) is 42.7 Å². The van der Waals surface area contributed by atoms with E-state index < -0.39 is 0 Å². The van der Waals surface area contributed by atoms with Crippen LogP contribution in [0.3, 0.4) is 0 Å². The second-order valence-electron chi connectivity index (χ2n) is 6.45. The van der Waals surface area contributed by atoms with Crippen molar-refractivity contribution in [1.29, 1.82) is 0 Å². The third kappa shape index (κ3) is 3.77. The summed E-state index contributed by atoms with van der Waals surface area (Å²) in [4.78, 5) is 11.2. The number of hydrogen-bond acceptors (Lipinski definition) is 3. The lowest BCUT2D eigenvalue weighted by atomic mass is 9.96. The van der Waals surface area contributed by atoms with Crippen molar-refractivity contribution in [2.45, 2.75) is 33.1 Å². The van der Waals surface area contributed by atoms with Crippen LogP contribution in [-0.4, -0.2) is 23.6 Å². The summed E-state index contributed by atoms with van der Waals surface area (Å²) in [5.74, 6) is 0. The van der Waals surface area contributed by atoms with E-state index in [1.807, 2.05) is 12.1 Å². The minimum Gasteiger partial charge on any atom is -0.374 e. The monoisotopic (exact) mass is 353 g/mol. The van der Waals surface area contributed by atoms with Crippen molar-refractivity contribution in [2.24, 2.45) is 0 Å². The highest BCUT2D eigenvalue weighted by atomic mass is 35.5. The molecule has 0 atom stereocenters. The third-order valence-electron chi connectivity index (χ3n) is 4.29. The summed E-state index contributed by atoms with van der Waals surface area (Å²) in [5.41, 5.74) is 6.62. The van der Waals surface area contributed by atoms with Crippen LogP contribution in [0, 0.1) is 0 Å². The normalized spacial score (nSPS) is 13.2. The van der Waals surface area contributed by atoms with Gasteiger partial charge in [0.1, 0.15) is 0 Å². The average molecular weight is 354 g/mol. The number of nitrogens with zero attached hydrogens (tertiary/aromatic N) is 3. The molecule has 1 aliphatic rings. The second-order valence-corrected chi connectivity index (χ2v) is 6.89. The number of aromatic nitrogens is 2. The van der Waals surface area contributed by atoms with Crippen LogP contribution in [-0.2, 0) is 6.42 Å². The van der Waals surface area contributed by atoms with Gasteiger partial charge in [-0.2, -0.15) is 0 Å². The van der Waals surface area contributed by atoms with E-state index in [1.54, 1.807) is 12.4 Å². The molecule has 0 aliphatic carbocycles. The molecule has 0 bridgehead atoms. The van der Waals surface area contributed by atoms with Crippen LogP contribution in [0.1, 0.15) is 32.3 Å². The van der Waals surface area contributed by atoms with Crippen LogP contribution in [0.5, 0.6) is 0 Å². The average Bonchev–Trinajstić information content (AvgIpc) is 2.62. The van der Waals surface area contributed by atoms with Gasteiger partial charge in [0, 0.05) is 42.3 Å². The summed E-state index contributed by atoms with van der Waals surface area (Å²) < 4.78 is 0. The molecule has 3 aromatic rings. The van der Waals surface area contributed by atoms with Crippen LogP contribution in [0.25, 0.3) is 22.2 Å². The van der Waals surface area contributed by atoms with Crippen LogP contribution in [0.4, 0.5) is 5.69 Å². The minimum absolute atomic E-state index is 0.689. The first-order valence-electron chi connectivity index (χ1n) is 8.88. The molecule has 0 fully saturated rings. The molecule has 25 heavy (non-hydrogen) atoms. The first kappa shape index (κ1) is 17.7. The highest BCUT2D eigenvalue weighted by molar-refractivity contribution is 6.31. The van der Waals surface area contributed by atoms with Crippen molar-refractivity contribution in [3.05, 3.63) is 53.3 Å². The number of aryl methyl sites for hydroxylation is 1. The number of fused-ring (bicyclic) bond motifs is 2. The Kier molecular flexibility index (Phi) is 5.54. The van der Waals surface area contributed by atoms with Crippen molar-refractivity contribution in [2.75, 3.05) is 18.5 Å². The molecular formula is C21H24ClN3. The van der Waals surface area contributed by atoms with Crippen molar-refractivity contribution in [3.8, 4) is 11.1 Å². The van der Waals surface area contributed by atoms with Gasteiger partial charge in [0.2, 0.25) is 0 Å². The van der Waals surface area contributed by atoms with E-state index in [0.717, 1.165) is 35.1 Å². The molecule has 0 N–H and O–H groups in total. The maximum atomic E-state index is 6.27. The molecule has 0 saturated heterocycles. The van der Waals surface area contributed by atoms with Crippen LogP contribution >= 0.6 is 11.6 Å². The largest absolute Gasteiger partial charge is 0.374 e. The van der Waals surface area contributed by atoms with E-state index in [2.05, 4.69) is 54.0 Å². The van der Waals surface area contributed by atoms with Crippen molar-refractivity contribution in [1.82, 2.24) is 9.97 Å². The molecule has 0 unspecified atom stereocenters. The maximum Gasteiger partial charge on any atom is 0.0966 e. The minimum atomic E-state index is 0.689. The van der Waals surface area contributed by atoms with Crippen molar-refractivity contribution >= 4 is 28.3 Å². The Balaban J connectivity index is 0.000000569. The zero-order valence-electron chi connectivity index (χ0n) is 15.1. The van der Waals surface area contributed by atoms with E-state index in [1.165, 1.54) is 24.1 Å². The summed E-state index contributed by atoms with van der Waals surface area (Å²) in [6.45, 7) is 5.35. The van der Waals surface area contributed by atoms with Crippen molar-refractivity contribution < 1.29 is 0 Å². The highest BCUT2D eigenvalue weighted by Crippen LogP contribution is 2.35. The van der Waals surface area contributed by atoms with Crippen LogP contribution < -0.4 is 4.90 Å². The van der Waals surface area contributed by atoms with Crippen molar-refractivity contribution in [3.63, 3.8) is 0 Å². The van der Waals surface area contributed by atoms with Gasteiger partial charge >= 0.3 is 0 Å². The zero-order valence-corrected chi connectivity index (χ0v) is 15.8. The molecule has 1 aromatic heterocycles. The fourth-order valence-electron chi connectivity index (χ4n) is 3.19. The molecular weight excluding hydrogens is 330 g/mol. The topological polar surface area (TPSA) is 29.0 Å². The van der Waals surface area contributed by atoms with Gasteiger partial charge in [-0.25, -0.2) is 0 Å². The van der Waals surface area contributed by atoms with Crippen LogP contribution in [0.2, 0.25) is 5.02 Å². The zero-order chi connectivity index (χ0) is 17.8. The fourth-order valence-corrected chi connectivity index (χ4v) is 3.40. The van der Waals surface area contributed by atoms with Gasteiger partial charge in [0.15, 0.2) is 0 Å². The molecule has 0 spiro atoms. The first-order valence-corrected chi connectivity index (χ1v) is 9.26. The van der Waals surface area contributed by atoms with Gasteiger partial charge < -0.3 is 4.90 Å². The second kappa shape index (κ2) is 7.83. The standard InChI is InChI=1S/C18H16ClN3.C3H8/c1-22-8-2-3-12-4-5-13(9-17(12)22)15-10-14(19)11-16-18(15)21-7-6-20-16;1-3-2/h4-7,9-11H,2-3,8H2,1H3;3H2,1-2H3. The van der Waals surface area contributed by atoms with E-state index in [0.29, 0.717) is 5.02 Å². The summed E-state index contributed by atoms with van der Waals surface area (Å²) in [7, 11) is 2.15. The summed E-state index contributed by atoms with van der Waals surface area (Å²) in [6, 6.07) is 10.5. The lowest BCUT2D eigenvalue weighted by molar-refractivity contribution is 0.745. The molecule has 3 nitrogen and oxygen atoms in total. The Hall–Kier alpha value is -2.13. The molecule has 2 heterocycles. The lowest BCUT2D eigenvalue weighted by Gasteiger charge is -2.28. The first-order chi connectivity index (χ1) is 12.1. The molecule has 0 radical (unpaired) electrons. The number of anilines is 1. The summed E-state index contributed by atoms with van der Waals surface area (Å²) >= 11 is 6.27. The number of hydrogen-bond donors (Lipinski definition) is 0. The van der Waals surface area contributed by atoms with Gasteiger partial charge in [-0.3, -0.25) is 9.97 Å². The lowest BCUT2D eigenvalue weighted by Crippen LogP contribution is -2.24. The fraction of sp³-hybridized carbons (Fsp3) is 0.333. The van der Waals surface area contributed by atoms with Gasteiger partial charge in [-0.15, -0.1) is 0 Å². The number of benzene rings is 2. The molecule has 2 aromatic carbocycles. The molecule has 4 rings (SSSR count). The SMILES string of the molecule is CCC.CN1CCCc2ccc(-c3cc(Cl)cc4nccnc34)cc21. The molecule has 0 amide bonds. The predicted octanol–water partition coefficient (Wildman–Crippen LogP) is 5.75. The summed E-state index contributed by atoms with van der Waals surface area (Å²) in [5, 5.41) is 0.689. The van der Waals surface area contributed by atoms with E-state index in [4.69, 9.17) is 11.6 Å². The molecule has 1 aliphatic heterocycles. The Morgan fingerprint density at radius 2 is 1.84 bits per heavy atom. The van der Waals surface area contributed by atoms with Gasteiger partial charge in [-0.1, -0.05) is 44.0 Å². The number of halogens is 1. The number of rotatable bonds is 1. The Labute approximate surface area is 154 Å². The molecule has 4 heteroatoms. The Bertz CT molecular complexity index is 876. The Morgan fingerprint density at radius 1 is 1.08 bits per heavy atom. The molecule has 130 valence electrons. The van der Waals surface area contributed by atoms with E-state index in [9.17, 15) is 0 Å². The quantitative estimate of drug-likeness (QED) is 0.557. The van der Waals surface area contributed by atoms with Gasteiger partial charge in [0.25, 0.3) is 0 Å². The summed E-state index contributed by atoms with van der Waals surface area (Å²) in [6.07, 6.45) is 7.04. The van der Waals surface area contributed by atoms with Gasteiger partial charge in [0.05, 0.1) is 11.0 Å². The third-order valence-corrected chi connectivity index (χ3v) is 4.50. The van der Waals surface area contributed by atoms with E-state index >= 15 is 0 Å². The highest BCUT2D eigenvalue weighted by Gasteiger charge is 2.16. The molecule has 0 saturated carbocycles. The smallest absolute Gasteiger partial charge is 0.0966 e.